The molecule has 130 valence electrons. The van der Waals surface area contributed by atoms with Crippen LogP contribution in [0.1, 0.15) is 11.1 Å². The second kappa shape index (κ2) is 7.36. The Labute approximate surface area is 166 Å². The summed E-state index contributed by atoms with van der Waals surface area (Å²) in [6.07, 6.45) is 0. The van der Waals surface area contributed by atoms with E-state index in [4.69, 9.17) is 28.2 Å². The van der Waals surface area contributed by atoms with Crippen molar-refractivity contribution in [2.24, 2.45) is 0 Å². The Kier molecular flexibility index (Phi) is 4.94. The quantitative estimate of drug-likeness (QED) is 0.346. The van der Waals surface area contributed by atoms with Crippen molar-refractivity contribution in [3.05, 3.63) is 87.9 Å². The van der Waals surface area contributed by atoms with E-state index < -0.39 is 0 Å². The minimum Gasteiger partial charge on any atom is -0.287 e. The third-order valence-corrected chi connectivity index (χ3v) is 5.62. The number of thioether (sulfide) groups is 1. The van der Waals surface area contributed by atoms with E-state index in [0.717, 1.165) is 32.7 Å². The lowest BCUT2D eigenvalue weighted by Gasteiger charge is -2.10. The van der Waals surface area contributed by atoms with Crippen LogP contribution in [0.5, 0.6) is 0 Å². The number of aromatic nitrogens is 2. The monoisotopic (exact) mass is 398 g/mol. The summed E-state index contributed by atoms with van der Waals surface area (Å²) in [6, 6.07) is 22.2. The molecule has 0 aliphatic carbocycles. The lowest BCUT2D eigenvalue weighted by Crippen LogP contribution is -1.97. The standard InChI is InChI=1S/C21H16Cl2N2S/c1-14-3-2-4-18(11-14)25-20-12-17(23)9-10-19(20)24-21(25)26-13-15-5-7-16(22)8-6-15/h2-12H,13H2,1H3. The molecule has 0 saturated heterocycles. The molecule has 0 fully saturated rings. The lowest BCUT2D eigenvalue weighted by molar-refractivity contribution is 0.917. The second-order valence-electron chi connectivity index (χ2n) is 6.12. The van der Waals surface area contributed by atoms with Crippen LogP contribution in [0.2, 0.25) is 10.0 Å². The summed E-state index contributed by atoms with van der Waals surface area (Å²) < 4.78 is 2.18. The minimum absolute atomic E-state index is 0.709. The zero-order chi connectivity index (χ0) is 18.1. The van der Waals surface area contributed by atoms with Gasteiger partial charge >= 0.3 is 0 Å². The average molecular weight is 399 g/mol. The van der Waals surface area contributed by atoms with Crippen molar-refractivity contribution in [3.63, 3.8) is 0 Å². The maximum Gasteiger partial charge on any atom is 0.174 e. The van der Waals surface area contributed by atoms with E-state index in [1.54, 1.807) is 11.8 Å². The third-order valence-electron chi connectivity index (χ3n) is 4.13. The summed E-state index contributed by atoms with van der Waals surface area (Å²) in [4.78, 5) is 4.83. The number of hydrogen-bond acceptors (Lipinski definition) is 2. The molecule has 0 N–H and O–H groups in total. The van der Waals surface area contributed by atoms with Gasteiger partial charge in [-0.3, -0.25) is 4.57 Å². The Morgan fingerprint density at radius 1 is 0.923 bits per heavy atom. The fourth-order valence-corrected chi connectivity index (χ4v) is 4.14. The second-order valence-corrected chi connectivity index (χ2v) is 7.93. The van der Waals surface area contributed by atoms with Crippen LogP contribution in [0.4, 0.5) is 0 Å². The summed E-state index contributed by atoms with van der Waals surface area (Å²) in [7, 11) is 0. The molecule has 4 rings (SSSR count). The minimum atomic E-state index is 0.709. The molecule has 0 aliphatic rings. The van der Waals surface area contributed by atoms with Gasteiger partial charge in [-0.2, -0.15) is 0 Å². The highest BCUT2D eigenvalue weighted by atomic mass is 35.5. The van der Waals surface area contributed by atoms with Crippen LogP contribution >= 0.6 is 35.0 Å². The maximum absolute atomic E-state index is 6.25. The van der Waals surface area contributed by atoms with Gasteiger partial charge in [0.05, 0.1) is 11.0 Å². The van der Waals surface area contributed by atoms with E-state index in [1.807, 2.05) is 42.5 Å². The van der Waals surface area contributed by atoms with Crippen LogP contribution in [-0.4, -0.2) is 9.55 Å². The van der Waals surface area contributed by atoms with Crippen molar-refractivity contribution in [2.45, 2.75) is 17.8 Å². The lowest BCUT2D eigenvalue weighted by atomic mass is 10.2. The van der Waals surface area contributed by atoms with Gasteiger partial charge < -0.3 is 0 Å². The van der Waals surface area contributed by atoms with Crippen molar-refractivity contribution in [3.8, 4) is 5.69 Å². The molecule has 0 aliphatic heterocycles. The highest BCUT2D eigenvalue weighted by Crippen LogP contribution is 2.31. The summed E-state index contributed by atoms with van der Waals surface area (Å²) >= 11 is 13.9. The number of hydrogen-bond donors (Lipinski definition) is 0. The summed E-state index contributed by atoms with van der Waals surface area (Å²) in [5, 5.41) is 2.41. The molecule has 3 aromatic carbocycles. The highest BCUT2D eigenvalue weighted by molar-refractivity contribution is 7.98. The molecule has 0 unspecified atom stereocenters. The largest absolute Gasteiger partial charge is 0.287 e. The predicted molar refractivity (Wildman–Crippen MR) is 112 cm³/mol. The van der Waals surface area contributed by atoms with Crippen LogP contribution in [0.25, 0.3) is 16.7 Å². The number of imidazole rings is 1. The Morgan fingerprint density at radius 2 is 1.69 bits per heavy atom. The number of benzene rings is 3. The maximum atomic E-state index is 6.25. The van der Waals surface area contributed by atoms with Crippen molar-refractivity contribution in [1.29, 1.82) is 0 Å². The molecule has 26 heavy (non-hydrogen) atoms. The van der Waals surface area contributed by atoms with Gasteiger partial charge in [0.1, 0.15) is 0 Å². The molecule has 0 spiro atoms. The first-order valence-corrected chi connectivity index (χ1v) is 9.96. The zero-order valence-corrected chi connectivity index (χ0v) is 16.4. The Bertz CT molecular complexity index is 1070. The first-order valence-electron chi connectivity index (χ1n) is 8.22. The number of aryl methyl sites for hydroxylation is 1. The van der Waals surface area contributed by atoms with Crippen molar-refractivity contribution < 1.29 is 0 Å². The Balaban J connectivity index is 1.78. The van der Waals surface area contributed by atoms with Gasteiger partial charge in [0.25, 0.3) is 0 Å². The van der Waals surface area contributed by atoms with E-state index in [9.17, 15) is 0 Å². The first kappa shape index (κ1) is 17.5. The number of nitrogens with zero attached hydrogens (tertiary/aromatic N) is 2. The smallest absolute Gasteiger partial charge is 0.174 e. The third kappa shape index (κ3) is 3.61. The van der Waals surface area contributed by atoms with E-state index in [2.05, 4.69) is 35.8 Å². The molecule has 0 atom stereocenters. The zero-order valence-electron chi connectivity index (χ0n) is 14.1. The van der Waals surface area contributed by atoms with E-state index in [0.29, 0.717) is 5.02 Å². The normalized spacial score (nSPS) is 11.2. The van der Waals surface area contributed by atoms with E-state index in [-0.39, 0.29) is 0 Å². The first-order chi connectivity index (χ1) is 12.6. The Morgan fingerprint density at radius 3 is 2.46 bits per heavy atom. The molecular weight excluding hydrogens is 383 g/mol. The van der Waals surface area contributed by atoms with Crippen LogP contribution in [0.15, 0.2) is 71.9 Å². The SMILES string of the molecule is Cc1cccc(-n2c(SCc3ccc(Cl)cc3)nc3ccc(Cl)cc32)c1. The number of rotatable bonds is 4. The molecule has 5 heteroatoms. The van der Waals surface area contributed by atoms with Crippen LogP contribution in [-0.2, 0) is 5.75 Å². The summed E-state index contributed by atoms with van der Waals surface area (Å²) in [5.74, 6) is 0.819. The van der Waals surface area contributed by atoms with Crippen LogP contribution in [0, 0.1) is 6.92 Å². The molecule has 1 heterocycles. The molecule has 0 bridgehead atoms. The van der Waals surface area contributed by atoms with E-state index >= 15 is 0 Å². The molecule has 0 radical (unpaired) electrons. The van der Waals surface area contributed by atoms with Crippen LogP contribution < -0.4 is 0 Å². The summed E-state index contributed by atoms with van der Waals surface area (Å²) in [6.45, 7) is 2.09. The highest BCUT2D eigenvalue weighted by Gasteiger charge is 2.14. The average Bonchev–Trinajstić information content (AvgIpc) is 2.98. The molecule has 2 nitrogen and oxygen atoms in total. The van der Waals surface area contributed by atoms with Gasteiger partial charge in [0, 0.05) is 21.5 Å². The molecular formula is C21H16Cl2N2S. The number of fused-ring (bicyclic) bond motifs is 1. The van der Waals surface area contributed by atoms with Gasteiger partial charge in [-0.15, -0.1) is 0 Å². The predicted octanol–water partition coefficient (Wildman–Crippen LogP) is 6.93. The van der Waals surface area contributed by atoms with Gasteiger partial charge in [-0.1, -0.05) is 59.2 Å². The molecule has 4 aromatic rings. The topological polar surface area (TPSA) is 17.8 Å². The molecule has 0 saturated carbocycles. The number of halogens is 2. The van der Waals surface area contributed by atoms with Gasteiger partial charge in [-0.25, -0.2) is 4.98 Å². The van der Waals surface area contributed by atoms with Gasteiger partial charge in [0.2, 0.25) is 0 Å². The van der Waals surface area contributed by atoms with Crippen molar-refractivity contribution in [1.82, 2.24) is 9.55 Å². The fraction of sp³-hybridized carbons (Fsp3) is 0.0952. The van der Waals surface area contributed by atoms with Gasteiger partial charge in [0.15, 0.2) is 5.16 Å². The summed E-state index contributed by atoms with van der Waals surface area (Å²) in [5.41, 5.74) is 5.46. The van der Waals surface area contributed by atoms with Crippen LogP contribution in [0.3, 0.4) is 0 Å². The van der Waals surface area contributed by atoms with E-state index in [1.165, 1.54) is 11.1 Å². The van der Waals surface area contributed by atoms with Gasteiger partial charge in [-0.05, 0) is 60.5 Å². The van der Waals surface area contributed by atoms with Crippen molar-refractivity contribution >= 4 is 46.0 Å². The molecule has 1 aromatic heterocycles. The fourth-order valence-electron chi connectivity index (χ4n) is 2.87. The van der Waals surface area contributed by atoms with Crippen molar-refractivity contribution in [2.75, 3.05) is 0 Å². The molecule has 0 amide bonds. The Hall–Kier alpha value is -1.94.